The molecule has 2 heterocycles. The Bertz CT molecular complexity index is 854. The van der Waals surface area contributed by atoms with E-state index in [-0.39, 0.29) is 24.4 Å². The minimum atomic E-state index is -0.257. The fourth-order valence-corrected chi connectivity index (χ4v) is 3.90. The molecule has 1 aliphatic heterocycles. The number of carbonyl (C=O) groups is 2. The zero-order valence-electron chi connectivity index (χ0n) is 15.9. The summed E-state index contributed by atoms with van der Waals surface area (Å²) in [4.78, 5) is 30.8. The number of hydrogen-bond acceptors (Lipinski definition) is 6. The van der Waals surface area contributed by atoms with Crippen LogP contribution in [0.4, 0.5) is 0 Å². The summed E-state index contributed by atoms with van der Waals surface area (Å²) >= 11 is 7.40. The van der Waals surface area contributed by atoms with Crippen LogP contribution in [0.15, 0.2) is 23.6 Å². The lowest BCUT2D eigenvalue weighted by Crippen LogP contribution is -2.43. The molecule has 0 saturated carbocycles. The summed E-state index contributed by atoms with van der Waals surface area (Å²) in [5.41, 5.74) is 1.33. The van der Waals surface area contributed by atoms with Crippen molar-refractivity contribution in [2.45, 2.75) is 33.3 Å². The number of amides is 1. The normalized spacial score (nSPS) is 16.7. The molecule has 150 valence electrons. The van der Waals surface area contributed by atoms with Crippen molar-refractivity contribution in [2.75, 3.05) is 19.7 Å². The van der Waals surface area contributed by atoms with Crippen LogP contribution in [0, 0.1) is 12.8 Å². The topological polar surface area (TPSA) is 68.7 Å². The SMILES string of the molecule is CCOC(=O)[C@H]1CCCN(C(=O)c2csc(COc3ccc(Cl)c(C)c3)n2)C1. The van der Waals surface area contributed by atoms with Crippen LogP contribution in [0.3, 0.4) is 0 Å². The van der Waals surface area contributed by atoms with Gasteiger partial charge in [0.05, 0.1) is 12.5 Å². The third kappa shape index (κ3) is 5.02. The molecule has 0 unspecified atom stereocenters. The summed E-state index contributed by atoms with van der Waals surface area (Å²) in [6.07, 6.45) is 1.53. The second-order valence-electron chi connectivity index (χ2n) is 6.67. The molecule has 0 aliphatic carbocycles. The van der Waals surface area contributed by atoms with Crippen molar-refractivity contribution >= 4 is 34.8 Å². The van der Waals surface area contributed by atoms with E-state index in [4.69, 9.17) is 21.1 Å². The second-order valence-corrected chi connectivity index (χ2v) is 8.02. The molecule has 3 rings (SSSR count). The van der Waals surface area contributed by atoms with E-state index in [1.165, 1.54) is 11.3 Å². The van der Waals surface area contributed by atoms with Crippen LogP contribution >= 0.6 is 22.9 Å². The molecule has 1 saturated heterocycles. The Balaban J connectivity index is 1.58. The predicted molar refractivity (Wildman–Crippen MR) is 108 cm³/mol. The Morgan fingerprint density at radius 3 is 2.96 bits per heavy atom. The Morgan fingerprint density at radius 2 is 2.21 bits per heavy atom. The summed E-state index contributed by atoms with van der Waals surface area (Å²) < 4.78 is 10.8. The first-order chi connectivity index (χ1) is 13.5. The first kappa shape index (κ1) is 20.6. The summed E-state index contributed by atoms with van der Waals surface area (Å²) in [6, 6.07) is 5.46. The highest BCUT2D eigenvalue weighted by atomic mass is 35.5. The number of hydrogen-bond donors (Lipinski definition) is 0. The smallest absolute Gasteiger partial charge is 0.310 e. The maximum absolute atomic E-state index is 12.8. The lowest BCUT2D eigenvalue weighted by molar-refractivity contribution is -0.149. The van der Waals surface area contributed by atoms with Gasteiger partial charge in [0.2, 0.25) is 0 Å². The van der Waals surface area contributed by atoms with Crippen molar-refractivity contribution in [3.8, 4) is 5.75 Å². The van der Waals surface area contributed by atoms with E-state index in [1.807, 2.05) is 13.0 Å². The highest BCUT2D eigenvalue weighted by Gasteiger charge is 2.30. The van der Waals surface area contributed by atoms with Gasteiger partial charge in [0, 0.05) is 23.5 Å². The first-order valence-electron chi connectivity index (χ1n) is 9.27. The molecule has 0 bridgehead atoms. The number of benzene rings is 1. The number of aromatic nitrogens is 1. The van der Waals surface area contributed by atoms with Gasteiger partial charge in [-0.1, -0.05) is 11.6 Å². The third-order valence-electron chi connectivity index (χ3n) is 4.59. The van der Waals surface area contributed by atoms with E-state index < -0.39 is 0 Å². The number of thiazole rings is 1. The molecule has 6 nitrogen and oxygen atoms in total. The van der Waals surface area contributed by atoms with Crippen molar-refractivity contribution in [1.82, 2.24) is 9.88 Å². The quantitative estimate of drug-likeness (QED) is 0.655. The number of halogens is 1. The standard InChI is InChI=1S/C20H23ClN2O4S/c1-3-26-20(25)14-5-4-8-23(10-14)19(24)17-12-28-18(22-17)11-27-15-6-7-16(21)13(2)9-15/h6-7,9,12,14H,3-5,8,10-11H2,1-2H3/t14-/m0/s1. The van der Waals surface area contributed by atoms with Gasteiger partial charge in [0.25, 0.3) is 5.91 Å². The molecule has 1 atom stereocenters. The van der Waals surface area contributed by atoms with Crippen molar-refractivity contribution < 1.29 is 19.1 Å². The van der Waals surface area contributed by atoms with Crippen LogP contribution in [-0.2, 0) is 16.1 Å². The minimum Gasteiger partial charge on any atom is -0.486 e. The molecule has 2 aromatic rings. The van der Waals surface area contributed by atoms with E-state index in [1.54, 1.807) is 29.3 Å². The number of carbonyl (C=O) groups excluding carboxylic acids is 2. The Morgan fingerprint density at radius 1 is 1.39 bits per heavy atom. The summed E-state index contributed by atoms with van der Waals surface area (Å²) in [7, 11) is 0. The monoisotopic (exact) mass is 422 g/mol. The van der Waals surface area contributed by atoms with Crippen LogP contribution in [0.1, 0.15) is 40.8 Å². The van der Waals surface area contributed by atoms with Crippen LogP contribution in [0.25, 0.3) is 0 Å². The van der Waals surface area contributed by atoms with Gasteiger partial charge < -0.3 is 14.4 Å². The van der Waals surface area contributed by atoms with Gasteiger partial charge in [-0.3, -0.25) is 9.59 Å². The molecule has 1 aromatic carbocycles. The second kappa shape index (κ2) is 9.39. The largest absolute Gasteiger partial charge is 0.486 e. The average Bonchev–Trinajstić information content (AvgIpc) is 3.17. The minimum absolute atomic E-state index is 0.154. The summed E-state index contributed by atoms with van der Waals surface area (Å²) in [5.74, 6) is 0.0648. The number of piperidine rings is 1. The van der Waals surface area contributed by atoms with Gasteiger partial charge in [-0.2, -0.15) is 0 Å². The average molecular weight is 423 g/mol. The molecule has 8 heteroatoms. The van der Waals surface area contributed by atoms with Crippen LogP contribution < -0.4 is 4.74 Å². The number of nitrogens with zero attached hydrogens (tertiary/aromatic N) is 2. The zero-order valence-corrected chi connectivity index (χ0v) is 17.5. The highest BCUT2D eigenvalue weighted by molar-refractivity contribution is 7.09. The molecular weight excluding hydrogens is 400 g/mol. The lowest BCUT2D eigenvalue weighted by Gasteiger charge is -2.31. The van der Waals surface area contributed by atoms with Crippen molar-refractivity contribution in [2.24, 2.45) is 5.92 Å². The summed E-state index contributed by atoms with van der Waals surface area (Å²) in [6.45, 7) is 5.34. The number of rotatable bonds is 6. The van der Waals surface area contributed by atoms with Crippen LogP contribution in [0.2, 0.25) is 5.02 Å². The molecule has 28 heavy (non-hydrogen) atoms. The highest BCUT2D eigenvalue weighted by Crippen LogP contribution is 2.23. The molecule has 1 amide bonds. The van der Waals surface area contributed by atoms with E-state index in [9.17, 15) is 9.59 Å². The number of likely N-dealkylation sites (tertiary alicyclic amines) is 1. The van der Waals surface area contributed by atoms with Crippen LogP contribution in [0.5, 0.6) is 5.75 Å². The van der Waals surface area contributed by atoms with E-state index >= 15 is 0 Å². The molecule has 1 aromatic heterocycles. The lowest BCUT2D eigenvalue weighted by atomic mass is 9.98. The van der Waals surface area contributed by atoms with E-state index in [0.29, 0.717) is 36.2 Å². The molecule has 0 radical (unpaired) electrons. The van der Waals surface area contributed by atoms with Crippen molar-refractivity contribution in [3.63, 3.8) is 0 Å². The van der Waals surface area contributed by atoms with E-state index in [2.05, 4.69) is 4.98 Å². The van der Waals surface area contributed by atoms with Crippen LogP contribution in [-0.4, -0.2) is 41.5 Å². The van der Waals surface area contributed by atoms with Gasteiger partial charge in [-0.05, 0) is 50.5 Å². The van der Waals surface area contributed by atoms with Crippen molar-refractivity contribution in [3.05, 3.63) is 44.9 Å². The summed E-state index contributed by atoms with van der Waals surface area (Å²) in [5, 5.41) is 3.15. The Hall–Kier alpha value is -2.12. The predicted octanol–water partition coefficient (Wildman–Crippen LogP) is 4.10. The molecule has 1 aliphatic rings. The maximum atomic E-state index is 12.8. The fourth-order valence-electron chi connectivity index (χ4n) is 3.10. The molecule has 0 N–H and O–H groups in total. The Labute approximate surface area is 173 Å². The van der Waals surface area contributed by atoms with Crippen molar-refractivity contribution in [1.29, 1.82) is 0 Å². The molecule has 1 fully saturated rings. The number of aryl methyl sites for hydroxylation is 1. The number of esters is 1. The van der Waals surface area contributed by atoms with Gasteiger partial charge >= 0.3 is 5.97 Å². The third-order valence-corrected chi connectivity index (χ3v) is 5.84. The molecule has 0 spiro atoms. The van der Waals surface area contributed by atoms with Gasteiger partial charge in [-0.15, -0.1) is 11.3 Å². The van der Waals surface area contributed by atoms with E-state index in [0.717, 1.165) is 23.4 Å². The molecular formula is C20H23ClN2O4S. The first-order valence-corrected chi connectivity index (χ1v) is 10.5. The van der Waals surface area contributed by atoms with Gasteiger partial charge in [-0.25, -0.2) is 4.98 Å². The number of ether oxygens (including phenoxy) is 2. The Kier molecular flexibility index (Phi) is 6.91. The maximum Gasteiger partial charge on any atom is 0.310 e. The fraction of sp³-hybridized carbons (Fsp3) is 0.450. The van der Waals surface area contributed by atoms with Gasteiger partial charge in [0.1, 0.15) is 23.1 Å². The van der Waals surface area contributed by atoms with Gasteiger partial charge in [0.15, 0.2) is 0 Å². The zero-order chi connectivity index (χ0) is 20.1.